The van der Waals surface area contributed by atoms with Crippen LogP contribution in [-0.2, 0) is 19.4 Å². The van der Waals surface area contributed by atoms with Crippen LogP contribution in [0.5, 0.6) is 11.5 Å². The summed E-state index contributed by atoms with van der Waals surface area (Å²) in [4.78, 5) is 10.5. The Morgan fingerprint density at radius 1 is 0.955 bits per heavy atom. The van der Waals surface area contributed by atoms with Gasteiger partial charge in [0.15, 0.2) is 0 Å². The molecule has 0 aliphatic carbocycles. The number of benzene rings is 2. The largest absolute Gasteiger partial charge is 0.493 e. The lowest BCUT2D eigenvalue weighted by Crippen LogP contribution is -1.89. The van der Waals surface area contributed by atoms with Crippen LogP contribution in [0.4, 0.5) is 0 Å². The molecule has 0 radical (unpaired) electrons. The minimum Gasteiger partial charge on any atom is -0.493 e. The molecular formula is C18H18O4. The van der Waals surface area contributed by atoms with Gasteiger partial charge in [0.2, 0.25) is 0 Å². The molecule has 2 heterocycles. The number of ether oxygens (including phenoxy) is 2. The fourth-order valence-corrected chi connectivity index (χ4v) is 2.80. The second-order valence-corrected chi connectivity index (χ2v) is 5.19. The molecule has 114 valence electrons. The van der Waals surface area contributed by atoms with Crippen LogP contribution in [0.3, 0.4) is 0 Å². The Hall–Kier alpha value is -2.33. The zero-order valence-corrected chi connectivity index (χ0v) is 12.2. The summed E-state index contributed by atoms with van der Waals surface area (Å²) in [6.07, 6.45) is 2.68. The summed E-state index contributed by atoms with van der Waals surface area (Å²) < 4.78 is 10.6. The van der Waals surface area contributed by atoms with E-state index in [1.54, 1.807) is 0 Å². The first-order valence-electron chi connectivity index (χ1n) is 7.37. The summed E-state index contributed by atoms with van der Waals surface area (Å²) in [5.41, 5.74) is 4.00. The highest BCUT2D eigenvalue weighted by Crippen LogP contribution is 2.28. The van der Waals surface area contributed by atoms with Crippen LogP contribution in [0.25, 0.3) is 0 Å². The summed E-state index contributed by atoms with van der Waals surface area (Å²) in [5.74, 6) is 1.81. The van der Waals surface area contributed by atoms with E-state index in [2.05, 4.69) is 0 Å². The maximum absolute atomic E-state index is 10.5. The van der Waals surface area contributed by atoms with Gasteiger partial charge in [-0.2, -0.15) is 0 Å². The van der Waals surface area contributed by atoms with Gasteiger partial charge in [-0.15, -0.1) is 0 Å². The Balaban J connectivity index is 0.000000131. The third-order valence-corrected chi connectivity index (χ3v) is 3.92. The zero-order valence-electron chi connectivity index (χ0n) is 12.2. The lowest BCUT2D eigenvalue weighted by atomic mass is 10.1. The maximum atomic E-state index is 10.5. The van der Waals surface area contributed by atoms with Crippen molar-refractivity contribution >= 4 is 6.29 Å². The number of hydrogen-bond acceptors (Lipinski definition) is 4. The molecule has 0 bridgehead atoms. The van der Waals surface area contributed by atoms with Crippen molar-refractivity contribution in [1.82, 2.24) is 0 Å². The molecule has 1 N–H and O–H groups in total. The highest BCUT2D eigenvalue weighted by molar-refractivity contribution is 5.79. The van der Waals surface area contributed by atoms with Gasteiger partial charge in [-0.05, 0) is 17.7 Å². The number of carbonyl (C=O) groups is 1. The minimum atomic E-state index is 0.118. The van der Waals surface area contributed by atoms with Gasteiger partial charge in [0.05, 0.1) is 19.8 Å². The topological polar surface area (TPSA) is 55.8 Å². The van der Waals surface area contributed by atoms with Crippen LogP contribution in [0, 0.1) is 0 Å². The van der Waals surface area contributed by atoms with Gasteiger partial charge in [0, 0.05) is 29.5 Å². The number of aliphatic hydroxyl groups excluding tert-OH is 1. The van der Waals surface area contributed by atoms with Crippen LogP contribution in [-0.4, -0.2) is 24.6 Å². The highest BCUT2D eigenvalue weighted by atomic mass is 16.5. The summed E-state index contributed by atoms with van der Waals surface area (Å²) in [6, 6.07) is 11.4. The molecule has 4 rings (SSSR count). The van der Waals surface area contributed by atoms with E-state index in [1.807, 2.05) is 36.4 Å². The van der Waals surface area contributed by atoms with Crippen molar-refractivity contribution in [2.75, 3.05) is 13.2 Å². The Labute approximate surface area is 129 Å². The Kier molecular flexibility index (Phi) is 4.39. The van der Waals surface area contributed by atoms with Gasteiger partial charge >= 0.3 is 0 Å². The molecule has 0 saturated carbocycles. The average molecular weight is 298 g/mol. The number of rotatable bonds is 2. The van der Waals surface area contributed by atoms with Crippen molar-refractivity contribution in [3.8, 4) is 11.5 Å². The minimum absolute atomic E-state index is 0.118. The number of hydrogen-bond donors (Lipinski definition) is 1. The van der Waals surface area contributed by atoms with Crippen molar-refractivity contribution in [3.05, 3.63) is 58.7 Å². The standard InChI is InChI=1S/C9H10O2.C9H8O2/c2*10-6-7-2-1-3-9-8(7)4-5-11-9/h1-3,10H,4-6H2;1-3,6H,4-5H2. The van der Waals surface area contributed by atoms with Gasteiger partial charge < -0.3 is 14.6 Å². The molecule has 4 heteroatoms. The van der Waals surface area contributed by atoms with E-state index in [0.29, 0.717) is 6.61 Å². The average Bonchev–Trinajstić information content (AvgIpc) is 3.23. The summed E-state index contributed by atoms with van der Waals surface area (Å²) in [5, 5.41) is 8.95. The first-order valence-corrected chi connectivity index (χ1v) is 7.37. The number of fused-ring (bicyclic) bond motifs is 2. The van der Waals surface area contributed by atoms with E-state index in [-0.39, 0.29) is 6.61 Å². The summed E-state index contributed by atoms with van der Waals surface area (Å²) in [6.45, 7) is 1.58. The van der Waals surface area contributed by atoms with Crippen LogP contribution in [0.2, 0.25) is 0 Å². The maximum Gasteiger partial charge on any atom is 0.150 e. The van der Waals surface area contributed by atoms with Gasteiger partial charge in [-0.3, -0.25) is 4.79 Å². The van der Waals surface area contributed by atoms with Crippen molar-refractivity contribution in [3.63, 3.8) is 0 Å². The third kappa shape index (κ3) is 2.83. The van der Waals surface area contributed by atoms with Crippen LogP contribution in [0.15, 0.2) is 36.4 Å². The van der Waals surface area contributed by atoms with Crippen LogP contribution < -0.4 is 9.47 Å². The molecule has 2 aliphatic rings. The quantitative estimate of drug-likeness (QED) is 0.866. The molecule has 0 fully saturated rings. The SMILES string of the molecule is O=Cc1cccc2c1CCO2.OCc1cccc2c1CCO2. The van der Waals surface area contributed by atoms with E-state index in [9.17, 15) is 4.79 Å². The molecule has 2 aromatic carbocycles. The van der Waals surface area contributed by atoms with Crippen LogP contribution >= 0.6 is 0 Å². The lowest BCUT2D eigenvalue weighted by Gasteiger charge is -2.01. The molecule has 0 amide bonds. The second kappa shape index (κ2) is 6.62. The fourth-order valence-electron chi connectivity index (χ4n) is 2.80. The molecule has 0 atom stereocenters. The molecule has 4 nitrogen and oxygen atoms in total. The third-order valence-electron chi connectivity index (χ3n) is 3.92. The monoisotopic (exact) mass is 298 g/mol. The van der Waals surface area contributed by atoms with E-state index < -0.39 is 0 Å². The van der Waals surface area contributed by atoms with Gasteiger partial charge in [0.1, 0.15) is 17.8 Å². The van der Waals surface area contributed by atoms with E-state index in [1.165, 1.54) is 5.56 Å². The predicted octanol–water partition coefficient (Wildman–Crippen LogP) is 2.55. The zero-order chi connectivity index (χ0) is 15.4. The van der Waals surface area contributed by atoms with Gasteiger partial charge in [-0.25, -0.2) is 0 Å². The van der Waals surface area contributed by atoms with Gasteiger partial charge in [-0.1, -0.05) is 24.3 Å². The van der Waals surface area contributed by atoms with E-state index in [4.69, 9.17) is 14.6 Å². The van der Waals surface area contributed by atoms with E-state index >= 15 is 0 Å². The van der Waals surface area contributed by atoms with Crippen molar-refractivity contribution in [2.24, 2.45) is 0 Å². The summed E-state index contributed by atoms with van der Waals surface area (Å²) in [7, 11) is 0. The molecule has 0 saturated heterocycles. The molecule has 22 heavy (non-hydrogen) atoms. The molecule has 2 aromatic rings. The van der Waals surface area contributed by atoms with Crippen molar-refractivity contribution in [2.45, 2.75) is 19.4 Å². The van der Waals surface area contributed by atoms with Crippen LogP contribution in [0.1, 0.15) is 27.0 Å². The molecule has 0 spiro atoms. The molecular weight excluding hydrogens is 280 g/mol. The molecule has 0 aromatic heterocycles. The van der Waals surface area contributed by atoms with Gasteiger partial charge in [0.25, 0.3) is 0 Å². The highest BCUT2D eigenvalue weighted by Gasteiger charge is 2.15. The first-order chi connectivity index (χ1) is 10.8. The van der Waals surface area contributed by atoms with E-state index in [0.717, 1.165) is 53.9 Å². The number of carbonyl (C=O) groups excluding carboxylic acids is 1. The number of aliphatic hydroxyl groups is 1. The number of aldehydes is 1. The predicted molar refractivity (Wildman–Crippen MR) is 82.6 cm³/mol. The summed E-state index contributed by atoms with van der Waals surface area (Å²) >= 11 is 0. The van der Waals surface area contributed by atoms with Crippen molar-refractivity contribution in [1.29, 1.82) is 0 Å². The smallest absolute Gasteiger partial charge is 0.150 e. The molecule has 2 aliphatic heterocycles. The molecule has 0 unspecified atom stereocenters. The first kappa shape index (κ1) is 14.6. The Bertz CT molecular complexity index is 679. The fraction of sp³-hybridized carbons (Fsp3) is 0.278. The normalized spacial score (nSPS) is 14.0. The Morgan fingerprint density at radius 3 is 2.27 bits per heavy atom. The lowest BCUT2D eigenvalue weighted by molar-refractivity contribution is 0.112. The van der Waals surface area contributed by atoms with Crippen molar-refractivity contribution < 1.29 is 19.4 Å². The Morgan fingerprint density at radius 2 is 1.59 bits per heavy atom. The second-order valence-electron chi connectivity index (χ2n) is 5.19.